The summed E-state index contributed by atoms with van der Waals surface area (Å²) in [6, 6.07) is 8.76. The lowest BCUT2D eigenvalue weighted by molar-refractivity contribution is 0.836. The number of nitrogens with two attached hydrogens (primary N) is 1. The Morgan fingerprint density at radius 3 is 2.73 bits per heavy atom. The van der Waals surface area contributed by atoms with Crippen LogP contribution in [-0.4, -0.2) is 11.5 Å². The number of hydrogen-bond acceptors (Lipinski definition) is 1. The smallest absolute Gasteiger partial charge is 0.0456 e. The van der Waals surface area contributed by atoms with E-state index in [0.29, 0.717) is 12.5 Å². The molecule has 2 aromatic rings. The monoisotopic (exact) mass is 202 g/mol. The molecule has 15 heavy (non-hydrogen) atoms. The van der Waals surface area contributed by atoms with E-state index in [4.69, 9.17) is 5.73 Å². The number of benzene rings is 1. The topological polar surface area (TPSA) is 41.8 Å². The van der Waals surface area contributed by atoms with Crippen molar-refractivity contribution in [3.05, 3.63) is 35.5 Å². The van der Waals surface area contributed by atoms with Gasteiger partial charge in [0, 0.05) is 11.2 Å². The zero-order chi connectivity index (χ0) is 10.8. The molecule has 1 aromatic heterocycles. The zero-order valence-corrected chi connectivity index (χ0v) is 9.38. The number of hydrogen-bond donors (Lipinski definition) is 2. The van der Waals surface area contributed by atoms with Crippen LogP contribution in [0.2, 0.25) is 0 Å². The van der Waals surface area contributed by atoms with Crippen LogP contribution < -0.4 is 5.73 Å². The average Bonchev–Trinajstić information content (AvgIpc) is 2.61. The van der Waals surface area contributed by atoms with Gasteiger partial charge in [0.2, 0.25) is 0 Å². The summed E-state index contributed by atoms with van der Waals surface area (Å²) in [6.45, 7) is 5.12. The molecule has 1 aromatic carbocycles. The van der Waals surface area contributed by atoms with Crippen molar-refractivity contribution in [1.29, 1.82) is 0 Å². The van der Waals surface area contributed by atoms with E-state index >= 15 is 0 Å². The molecule has 0 saturated carbocycles. The fourth-order valence-corrected chi connectivity index (χ4v) is 1.84. The third-order valence-corrected chi connectivity index (χ3v) is 2.76. The number of H-pyrrole nitrogens is 1. The van der Waals surface area contributed by atoms with Crippen molar-refractivity contribution in [2.45, 2.75) is 26.2 Å². The standard InChI is InChI=1S/C13H18N2/c1-9(2)13-8-11-7-10(5-6-14)3-4-12(11)15-13/h3-4,7-9,15H,5-6,14H2,1-2H3. The maximum Gasteiger partial charge on any atom is 0.0456 e. The van der Waals surface area contributed by atoms with Crippen LogP contribution in [0.5, 0.6) is 0 Å². The molecule has 2 rings (SSSR count). The predicted octanol–water partition coefficient (Wildman–Crippen LogP) is 2.79. The SMILES string of the molecule is CC(C)c1cc2cc(CCN)ccc2[nH]1. The molecule has 3 N–H and O–H groups in total. The largest absolute Gasteiger partial charge is 0.358 e. The average molecular weight is 202 g/mol. The molecule has 0 unspecified atom stereocenters. The first-order valence-corrected chi connectivity index (χ1v) is 5.52. The highest BCUT2D eigenvalue weighted by Gasteiger charge is 2.04. The van der Waals surface area contributed by atoms with E-state index in [9.17, 15) is 0 Å². The second-order valence-electron chi connectivity index (χ2n) is 4.34. The maximum absolute atomic E-state index is 5.55. The molecule has 1 heterocycles. The van der Waals surface area contributed by atoms with Crippen molar-refractivity contribution in [1.82, 2.24) is 4.98 Å². The van der Waals surface area contributed by atoms with Crippen molar-refractivity contribution in [3.8, 4) is 0 Å². The van der Waals surface area contributed by atoms with Gasteiger partial charge in [-0.1, -0.05) is 19.9 Å². The van der Waals surface area contributed by atoms with Gasteiger partial charge in [0.15, 0.2) is 0 Å². The van der Waals surface area contributed by atoms with Crippen molar-refractivity contribution < 1.29 is 0 Å². The second-order valence-corrected chi connectivity index (χ2v) is 4.34. The van der Waals surface area contributed by atoms with Gasteiger partial charge in [-0.2, -0.15) is 0 Å². The first kappa shape index (κ1) is 10.2. The molecule has 0 radical (unpaired) electrons. The Bertz CT molecular complexity index is 455. The first-order chi connectivity index (χ1) is 7.20. The van der Waals surface area contributed by atoms with Crippen LogP contribution in [-0.2, 0) is 6.42 Å². The minimum atomic E-state index is 0.551. The Morgan fingerprint density at radius 2 is 2.07 bits per heavy atom. The molecule has 0 spiro atoms. The van der Waals surface area contributed by atoms with Gasteiger partial charge in [0.05, 0.1) is 0 Å². The molecule has 0 aliphatic rings. The zero-order valence-electron chi connectivity index (χ0n) is 9.38. The van der Waals surface area contributed by atoms with Gasteiger partial charge >= 0.3 is 0 Å². The highest BCUT2D eigenvalue weighted by Crippen LogP contribution is 2.22. The van der Waals surface area contributed by atoms with E-state index in [1.807, 2.05) is 0 Å². The van der Waals surface area contributed by atoms with Crippen molar-refractivity contribution in [2.24, 2.45) is 5.73 Å². The molecule has 2 heteroatoms. The van der Waals surface area contributed by atoms with Gasteiger partial charge in [-0.15, -0.1) is 0 Å². The van der Waals surface area contributed by atoms with Crippen LogP contribution in [0.25, 0.3) is 10.9 Å². The minimum absolute atomic E-state index is 0.551. The molecular formula is C13H18N2. The van der Waals surface area contributed by atoms with Gasteiger partial charge < -0.3 is 10.7 Å². The van der Waals surface area contributed by atoms with Gasteiger partial charge in [-0.05, 0) is 48.0 Å². The van der Waals surface area contributed by atoms with Gasteiger partial charge in [0.25, 0.3) is 0 Å². The van der Waals surface area contributed by atoms with E-state index < -0.39 is 0 Å². The van der Waals surface area contributed by atoms with Gasteiger partial charge in [0.1, 0.15) is 0 Å². The summed E-state index contributed by atoms with van der Waals surface area (Å²) in [7, 11) is 0. The van der Waals surface area contributed by atoms with Crippen molar-refractivity contribution in [3.63, 3.8) is 0 Å². The van der Waals surface area contributed by atoms with Crippen LogP contribution in [0.4, 0.5) is 0 Å². The Hall–Kier alpha value is -1.28. The van der Waals surface area contributed by atoms with Crippen LogP contribution in [0.3, 0.4) is 0 Å². The van der Waals surface area contributed by atoms with Crippen LogP contribution in [0, 0.1) is 0 Å². The molecule has 0 aliphatic carbocycles. The summed E-state index contributed by atoms with van der Waals surface area (Å²) >= 11 is 0. The minimum Gasteiger partial charge on any atom is -0.358 e. The summed E-state index contributed by atoms with van der Waals surface area (Å²) < 4.78 is 0. The first-order valence-electron chi connectivity index (χ1n) is 5.52. The molecule has 0 amide bonds. The molecule has 0 aliphatic heterocycles. The lowest BCUT2D eigenvalue weighted by Crippen LogP contribution is -2.02. The quantitative estimate of drug-likeness (QED) is 0.789. The van der Waals surface area contributed by atoms with E-state index in [2.05, 4.69) is 43.1 Å². The van der Waals surface area contributed by atoms with Crippen LogP contribution >= 0.6 is 0 Å². The molecular weight excluding hydrogens is 184 g/mol. The fraction of sp³-hybridized carbons (Fsp3) is 0.385. The number of nitrogens with one attached hydrogen (secondary N) is 1. The molecule has 0 saturated heterocycles. The molecule has 0 atom stereocenters. The van der Waals surface area contributed by atoms with Gasteiger partial charge in [-0.25, -0.2) is 0 Å². The lowest BCUT2D eigenvalue weighted by Gasteiger charge is -1.98. The fourth-order valence-electron chi connectivity index (χ4n) is 1.84. The van der Waals surface area contributed by atoms with E-state index in [0.717, 1.165) is 6.42 Å². The third kappa shape index (κ3) is 2.05. The van der Waals surface area contributed by atoms with E-state index in [1.54, 1.807) is 0 Å². The summed E-state index contributed by atoms with van der Waals surface area (Å²) in [5.41, 5.74) is 9.39. The Kier molecular flexibility index (Phi) is 2.78. The highest BCUT2D eigenvalue weighted by molar-refractivity contribution is 5.81. The number of rotatable bonds is 3. The maximum atomic E-state index is 5.55. The highest BCUT2D eigenvalue weighted by atomic mass is 14.7. The summed E-state index contributed by atoms with van der Waals surface area (Å²) in [6.07, 6.45) is 0.956. The van der Waals surface area contributed by atoms with Crippen molar-refractivity contribution >= 4 is 10.9 Å². The Labute approximate surface area is 90.5 Å². The Balaban J connectivity index is 2.43. The molecule has 0 fully saturated rings. The molecule has 2 nitrogen and oxygen atoms in total. The molecule has 80 valence electrons. The summed E-state index contributed by atoms with van der Waals surface area (Å²) in [4.78, 5) is 3.43. The van der Waals surface area contributed by atoms with Gasteiger partial charge in [-0.3, -0.25) is 0 Å². The number of aromatic amines is 1. The summed E-state index contributed by atoms with van der Waals surface area (Å²) in [5, 5.41) is 1.30. The van der Waals surface area contributed by atoms with Crippen LogP contribution in [0.15, 0.2) is 24.3 Å². The Morgan fingerprint density at radius 1 is 1.27 bits per heavy atom. The lowest BCUT2D eigenvalue weighted by atomic mass is 10.1. The predicted molar refractivity (Wildman–Crippen MR) is 65.1 cm³/mol. The van der Waals surface area contributed by atoms with E-state index in [-0.39, 0.29) is 0 Å². The second kappa shape index (κ2) is 4.07. The molecule has 0 bridgehead atoms. The van der Waals surface area contributed by atoms with Crippen molar-refractivity contribution in [2.75, 3.05) is 6.54 Å². The summed E-state index contributed by atoms with van der Waals surface area (Å²) in [5.74, 6) is 0.551. The van der Waals surface area contributed by atoms with E-state index in [1.165, 1.54) is 22.2 Å². The number of aromatic nitrogens is 1. The van der Waals surface area contributed by atoms with Crippen LogP contribution in [0.1, 0.15) is 31.0 Å². The third-order valence-electron chi connectivity index (χ3n) is 2.76. The number of fused-ring (bicyclic) bond motifs is 1. The normalized spacial score (nSPS) is 11.5.